The number of aryl methyl sites for hydroxylation is 1. The molecule has 2 amide bonds. The van der Waals surface area contributed by atoms with E-state index in [-0.39, 0.29) is 6.03 Å². The lowest BCUT2D eigenvalue weighted by Crippen LogP contribution is -2.43. The van der Waals surface area contributed by atoms with Crippen LogP contribution in [0.15, 0.2) is 30.9 Å². The first kappa shape index (κ1) is 15.9. The zero-order valence-electron chi connectivity index (χ0n) is 12.6. The van der Waals surface area contributed by atoms with E-state index in [1.54, 1.807) is 12.1 Å². The maximum Gasteiger partial charge on any atom is 0.322 e. The number of hydrogen-bond donors (Lipinski definition) is 1. The first-order valence-corrected chi connectivity index (χ1v) is 7.94. The summed E-state index contributed by atoms with van der Waals surface area (Å²) in [5.41, 5.74) is 1.74. The fourth-order valence-electron chi connectivity index (χ4n) is 2.80. The predicted molar refractivity (Wildman–Crippen MR) is 89.0 cm³/mol. The number of carbonyl (C=O) groups excluding carboxylic acids is 1. The standard InChI is InChI=1S/C17H23ClN2O/c1-3-11-20(15-7-5-4-6-8-15)17(21)19-14-10-9-13(2)16(18)12-14/h3,9-10,12,15H,1,4-8,11H2,2H3,(H,19,21). The molecular weight excluding hydrogens is 284 g/mol. The molecule has 0 unspecified atom stereocenters. The van der Waals surface area contributed by atoms with E-state index in [1.165, 1.54) is 19.3 Å². The third kappa shape index (κ3) is 4.24. The number of benzene rings is 1. The van der Waals surface area contributed by atoms with Gasteiger partial charge < -0.3 is 10.2 Å². The fraction of sp³-hybridized carbons (Fsp3) is 0.471. The number of nitrogens with zero attached hydrogens (tertiary/aromatic N) is 1. The molecule has 3 nitrogen and oxygen atoms in total. The van der Waals surface area contributed by atoms with Gasteiger partial charge in [-0.05, 0) is 37.5 Å². The number of rotatable bonds is 4. The Morgan fingerprint density at radius 3 is 2.76 bits per heavy atom. The van der Waals surface area contributed by atoms with Gasteiger partial charge in [0, 0.05) is 23.3 Å². The molecule has 0 radical (unpaired) electrons. The van der Waals surface area contributed by atoms with E-state index in [9.17, 15) is 4.79 Å². The van der Waals surface area contributed by atoms with Crippen LogP contribution in [-0.4, -0.2) is 23.5 Å². The largest absolute Gasteiger partial charge is 0.322 e. The van der Waals surface area contributed by atoms with Crippen LogP contribution in [0.5, 0.6) is 0 Å². The number of anilines is 1. The molecule has 0 saturated heterocycles. The van der Waals surface area contributed by atoms with Gasteiger partial charge in [0.25, 0.3) is 0 Å². The van der Waals surface area contributed by atoms with Crippen molar-refractivity contribution >= 4 is 23.3 Å². The summed E-state index contributed by atoms with van der Waals surface area (Å²) in [4.78, 5) is 14.4. The summed E-state index contributed by atoms with van der Waals surface area (Å²) < 4.78 is 0. The molecule has 0 aromatic heterocycles. The van der Waals surface area contributed by atoms with Crippen LogP contribution >= 0.6 is 11.6 Å². The topological polar surface area (TPSA) is 32.3 Å². The molecule has 1 aromatic carbocycles. The lowest BCUT2D eigenvalue weighted by atomic mass is 9.94. The Morgan fingerprint density at radius 2 is 2.14 bits per heavy atom. The highest BCUT2D eigenvalue weighted by Crippen LogP contribution is 2.24. The number of urea groups is 1. The number of amides is 2. The van der Waals surface area contributed by atoms with Crippen LogP contribution in [0.25, 0.3) is 0 Å². The molecule has 0 atom stereocenters. The molecule has 4 heteroatoms. The minimum Gasteiger partial charge on any atom is -0.318 e. The number of halogens is 1. The van der Waals surface area contributed by atoms with Crippen molar-refractivity contribution in [2.45, 2.75) is 45.1 Å². The van der Waals surface area contributed by atoms with Crippen LogP contribution in [-0.2, 0) is 0 Å². The van der Waals surface area contributed by atoms with Gasteiger partial charge >= 0.3 is 6.03 Å². The third-order valence-corrected chi connectivity index (χ3v) is 4.43. The van der Waals surface area contributed by atoms with Crippen molar-refractivity contribution < 1.29 is 4.79 Å². The Labute approximate surface area is 132 Å². The quantitative estimate of drug-likeness (QED) is 0.780. The number of carbonyl (C=O) groups is 1. The van der Waals surface area contributed by atoms with Gasteiger partial charge in [0.15, 0.2) is 0 Å². The van der Waals surface area contributed by atoms with Crippen molar-refractivity contribution in [1.29, 1.82) is 0 Å². The maximum atomic E-state index is 12.5. The van der Waals surface area contributed by atoms with E-state index in [0.717, 1.165) is 24.1 Å². The molecule has 1 aliphatic rings. The Kier molecular flexibility index (Phi) is 5.68. The van der Waals surface area contributed by atoms with E-state index < -0.39 is 0 Å². The van der Waals surface area contributed by atoms with Gasteiger partial charge in [-0.3, -0.25) is 0 Å². The van der Waals surface area contributed by atoms with Crippen molar-refractivity contribution in [3.05, 3.63) is 41.4 Å². The monoisotopic (exact) mass is 306 g/mol. The molecule has 0 aliphatic heterocycles. The molecule has 1 N–H and O–H groups in total. The first-order chi connectivity index (χ1) is 10.1. The highest BCUT2D eigenvalue weighted by Gasteiger charge is 2.24. The third-order valence-electron chi connectivity index (χ3n) is 4.03. The second-order valence-corrected chi connectivity index (χ2v) is 6.03. The molecule has 0 spiro atoms. The number of hydrogen-bond acceptors (Lipinski definition) is 1. The normalized spacial score (nSPS) is 15.5. The van der Waals surface area contributed by atoms with E-state index in [0.29, 0.717) is 17.6 Å². The van der Waals surface area contributed by atoms with Crippen LogP contribution in [0.1, 0.15) is 37.7 Å². The van der Waals surface area contributed by atoms with Crippen LogP contribution < -0.4 is 5.32 Å². The van der Waals surface area contributed by atoms with Gasteiger partial charge in [0.05, 0.1) is 0 Å². The molecule has 0 heterocycles. The highest BCUT2D eigenvalue weighted by molar-refractivity contribution is 6.31. The second-order valence-electron chi connectivity index (χ2n) is 5.63. The zero-order valence-corrected chi connectivity index (χ0v) is 13.3. The van der Waals surface area contributed by atoms with Crippen LogP contribution in [0.4, 0.5) is 10.5 Å². The number of nitrogens with one attached hydrogen (secondary N) is 1. The lowest BCUT2D eigenvalue weighted by Gasteiger charge is -2.33. The van der Waals surface area contributed by atoms with Crippen LogP contribution in [0.2, 0.25) is 5.02 Å². The predicted octanol–water partition coefficient (Wildman–Crippen LogP) is 5.00. The maximum absolute atomic E-state index is 12.5. The molecule has 2 rings (SSSR count). The van der Waals surface area contributed by atoms with E-state index in [1.807, 2.05) is 24.0 Å². The summed E-state index contributed by atoms with van der Waals surface area (Å²) in [6.45, 7) is 6.29. The Balaban J connectivity index is 2.06. The average Bonchev–Trinajstić information content (AvgIpc) is 2.49. The molecule has 1 fully saturated rings. The van der Waals surface area contributed by atoms with Crippen molar-refractivity contribution in [2.75, 3.05) is 11.9 Å². The summed E-state index contributed by atoms with van der Waals surface area (Å²) in [5, 5.41) is 3.61. The van der Waals surface area contributed by atoms with E-state index >= 15 is 0 Å². The summed E-state index contributed by atoms with van der Waals surface area (Å²) >= 11 is 6.11. The van der Waals surface area contributed by atoms with Gasteiger partial charge in [-0.2, -0.15) is 0 Å². The van der Waals surface area contributed by atoms with Crippen LogP contribution in [0.3, 0.4) is 0 Å². The fourth-order valence-corrected chi connectivity index (χ4v) is 2.98. The smallest absolute Gasteiger partial charge is 0.318 e. The van der Waals surface area contributed by atoms with Crippen molar-refractivity contribution in [1.82, 2.24) is 4.90 Å². The summed E-state index contributed by atoms with van der Waals surface area (Å²) in [7, 11) is 0. The summed E-state index contributed by atoms with van der Waals surface area (Å²) in [6.07, 6.45) is 7.61. The van der Waals surface area contributed by atoms with Crippen molar-refractivity contribution in [2.24, 2.45) is 0 Å². The summed E-state index contributed by atoms with van der Waals surface area (Å²) in [6, 6.07) is 5.84. The van der Waals surface area contributed by atoms with Gasteiger partial charge in [-0.25, -0.2) is 4.79 Å². The summed E-state index contributed by atoms with van der Waals surface area (Å²) in [5.74, 6) is 0. The average molecular weight is 307 g/mol. The molecule has 1 aliphatic carbocycles. The van der Waals surface area contributed by atoms with Gasteiger partial charge in [-0.15, -0.1) is 6.58 Å². The molecule has 1 aromatic rings. The minimum atomic E-state index is -0.0679. The van der Waals surface area contributed by atoms with Gasteiger partial charge in [0.1, 0.15) is 0 Å². The van der Waals surface area contributed by atoms with Gasteiger partial charge in [-0.1, -0.05) is 43.0 Å². The van der Waals surface area contributed by atoms with E-state index in [2.05, 4.69) is 11.9 Å². The Morgan fingerprint density at radius 1 is 1.43 bits per heavy atom. The molecule has 1 saturated carbocycles. The SMILES string of the molecule is C=CCN(C(=O)Nc1ccc(C)c(Cl)c1)C1CCCCC1. The van der Waals surface area contributed by atoms with Crippen molar-refractivity contribution in [3.8, 4) is 0 Å². The Hall–Kier alpha value is -1.48. The van der Waals surface area contributed by atoms with Crippen molar-refractivity contribution in [3.63, 3.8) is 0 Å². The molecule has 114 valence electrons. The minimum absolute atomic E-state index is 0.0679. The Bertz CT molecular complexity index is 510. The van der Waals surface area contributed by atoms with E-state index in [4.69, 9.17) is 11.6 Å². The lowest BCUT2D eigenvalue weighted by molar-refractivity contribution is 0.176. The highest BCUT2D eigenvalue weighted by atomic mass is 35.5. The van der Waals surface area contributed by atoms with Gasteiger partial charge in [0.2, 0.25) is 0 Å². The zero-order chi connectivity index (χ0) is 15.2. The second kappa shape index (κ2) is 7.51. The molecular formula is C17H23ClN2O. The first-order valence-electron chi connectivity index (χ1n) is 7.56. The molecule has 0 bridgehead atoms. The molecule has 21 heavy (non-hydrogen) atoms. The van der Waals surface area contributed by atoms with Crippen LogP contribution in [0, 0.1) is 6.92 Å².